The molecule has 0 amide bonds. The maximum absolute atomic E-state index is 9.17. The Morgan fingerprint density at radius 1 is 0.850 bits per heavy atom. The van der Waals surface area contributed by atoms with E-state index in [9.17, 15) is 0 Å². The van der Waals surface area contributed by atoms with Gasteiger partial charge in [0.1, 0.15) is 0 Å². The van der Waals surface area contributed by atoms with Gasteiger partial charge in [0.2, 0.25) is 0 Å². The molecule has 1 heteroatoms. The Hall–Kier alpha value is -2.07. The van der Waals surface area contributed by atoms with E-state index in [0.29, 0.717) is 5.92 Å². The van der Waals surface area contributed by atoms with Crippen LogP contribution in [-0.2, 0) is 5.41 Å². The lowest BCUT2D eigenvalue weighted by molar-refractivity contribution is 0.687. The van der Waals surface area contributed by atoms with Gasteiger partial charge in [-0.3, -0.25) is 0 Å². The van der Waals surface area contributed by atoms with E-state index in [2.05, 4.69) is 68.4 Å². The molecular formula is C19H21N. The highest BCUT2D eigenvalue weighted by atomic mass is 14.3. The van der Waals surface area contributed by atoms with Gasteiger partial charge in [0.25, 0.3) is 0 Å². The first-order chi connectivity index (χ1) is 9.44. The molecule has 0 fully saturated rings. The van der Waals surface area contributed by atoms with E-state index in [1.807, 2.05) is 13.8 Å². The number of hydrogen-bond acceptors (Lipinski definition) is 1. The van der Waals surface area contributed by atoms with Crippen molar-refractivity contribution in [3.05, 3.63) is 59.7 Å². The minimum Gasteiger partial charge on any atom is -0.197 e. The fourth-order valence-electron chi connectivity index (χ4n) is 2.20. The van der Waals surface area contributed by atoms with Gasteiger partial charge in [0, 0.05) is 0 Å². The van der Waals surface area contributed by atoms with Crippen molar-refractivity contribution in [2.45, 2.75) is 39.0 Å². The summed E-state index contributed by atoms with van der Waals surface area (Å²) < 4.78 is 0. The zero-order chi connectivity index (χ0) is 14.8. The maximum Gasteiger partial charge on any atom is 0.0766 e. The highest BCUT2D eigenvalue weighted by Crippen LogP contribution is 2.27. The molecule has 0 radical (unpaired) electrons. The number of rotatable bonds is 3. The average molecular weight is 263 g/mol. The van der Waals surface area contributed by atoms with Crippen LogP contribution in [0.25, 0.3) is 11.1 Å². The van der Waals surface area contributed by atoms with Gasteiger partial charge >= 0.3 is 0 Å². The van der Waals surface area contributed by atoms with Crippen molar-refractivity contribution >= 4 is 0 Å². The minimum absolute atomic E-state index is 0.431. The number of hydrogen-bond donors (Lipinski definition) is 0. The van der Waals surface area contributed by atoms with E-state index in [-0.39, 0.29) is 0 Å². The molecule has 0 aromatic heterocycles. The van der Waals surface area contributed by atoms with Gasteiger partial charge in [-0.2, -0.15) is 5.26 Å². The summed E-state index contributed by atoms with van der Waals surface area (Å²) in [6.07, 6.45) is 0. The molecule has 0 aliphatic carbocycles. The van der Waals surface area contributed by atoms with Crippen molar-refractivity contribution in [2.24, 2.45) is 0 Å². The molecule has 0 aliphatic rings. The molecule has 0 atom stereocenters. The summed E-state index contributed by atoms with van der Waals surface area (Å²) in [5.74, 6) is 0.558. The van der Waals surface area contributed by atoms with Gasteiger partial charge in [0.15, 0.2) is 0 Å². The molecular weight excluding hydrogens is 242 g/mol. The van der Waals surface area contributed by atoms with Crippen molar-refractivity contribution < 1.29 is 0 Å². The van der Waals surface area contributed by atoms with Crippen LogP contribution >= 0.6 is 0 Å². The zero-order valence-electron chi connectivity index (χ0n) is 12.6. The monoisotopic (exact) mass is 263 g/mol. The van der Waals surface area contributed by atoms with Crippen molar-refractivity contribution in [1.82, 2.24) is 0 Å². The smallest absolute Gasteiger partial charge is 0.0766 e. The maximum atomic E-state index is 9.17. The first-order valence-corrected chi connectivity index (χ1v) is 7.06. The SMILES string of the molecule is CC(C)c1ccc(-c2ccc(C(C)(C)C#N)cc2)cc1. The van der Waals surface area contributed by atoms with Crippen LogP contribution in [0, 0.1) is 11.3 Å². The molecule has 20 heavy (non-hydrogen) atoms. The lowest BCUT2D eigenvalue weighted by atomic mass is 9.85. The predicted octanol–water partition coefficient (Wildman–Crippen LogP) is 5.28. The third-order valence-corrected chi connectivity index (χ3v) is 3.80. The molecule has 2 aromatic carbocycles. The van der Waals surface area contributed by atoms with Gasteiger partial charge in [-0.05, 0) is 42.0 Å². The summed E-state index contributed by atoms with van der Waals surface area (Å²) in [5.41, 5.74) is 4.40. The van der Waals surface area contributed by atoms with E-state index in [4.69, 9.17) is 5.26 Å². The largest absolute Gasteiger partial charge is 0.197 e. The molecule has 1 nitrogen and oxygen atoms in total. The third-order valence-electron chi connectivity index (χ3n) is 3.80. The fraction of sp³-hybridized carbons (Fsp3) is 0.316. The summed E-state index contributed by atoms with van der Waals surface area (Å²) in [6, 6.07) is 19.3. The van der Waals surface area contributed by atoms with Gasteiger partial charge in [-0.25, -0.2) is 0 Å². The van der Waals surface area contributed by atoms with Crippen LogP contribution in [0.2, 0.25) is 0 Å². The second-order valence-electron chi connectivity index (χ2n) is 6.09. The summed E-state index contributed by atoms with van der Waals surface area (Å²) in [6.45, 7) is 8.29. The van der Waals surface area contributed by atoms with Gasteiger partial charge in [-0.15, -0.1) is 0 Å². The molecule has 0 N–H and O–H groups in total. The van der Waals surface area contributed by atoms with Crippen LogP contribution in [-0.4, -0.2) is 0 Å². The van der Waals surface area contributed by atoms with Crippen LogP contribution in [0.1, 0.15) is 44.7 Å². The van der Waals surface area contributed by atoms with Gasteiger partial charge < -0.3 is 0 Å². The van der Waals surface area contributed by atoms with E-state index < -0.39 is 5.41 Å². The van der Waals surface area contributed by atoms with Gasteiger partial charge in [-0.1, -0.05) is 62.4 Å². The van der Waals surface area contributed by atoms with Crippen LogP contribution in [0.3, 0.4) is 0 Å². The first-order valence-electron chi connectivity index (χ1n) is 7.06. The molecule has 2 rings (SSSR count). The molecule has 0 unspecified atom stereocenters. The third kappa shape index (κ3) is 2.91. The topological polar surface area (TPSA) is 23.8 Å². The average Bonchev–Trinajstić information content (AvgIpc) is 2.47. The molecule has 0 spiro atoms. The summed E-state index contributed by atoms with van der Waals surface area (Å²) in [4.78, 5) is 0. The molecule has 0 bridgehead atoms. The second-order valence-corrected chi connectivity index (χ2v) is 6.09. The van der Waals surface area contributed by atoms with Crippen molar-refractivity contribution in [3.63, 3.8) is 0 Å². The number of nitrogens with zero attached hydrogens (tertiary/aromatic N) is 1. The fourth-order valence-corrected chi connectivity index (χ4v) is 2.20. The predicted molar refractivity (Wildman–Crippen MR) is 84.6 cm³/mol. The van der Waals surface area contributed by atoms with E-state index in [0.717, 1.165) is 5.56 Å². The van der Waals surface area contributed by atoms with Gasteiger partial charge in [0.05, 0.1) is 11.5 Å². The lowest BCUT2D eigenvalue weighted by Gasteiger charge is -2.16. The van der Waals surface area contributed by atoms with Crippen LogP contribution in [0.5, 0.6) is 0 Å². The molecule has 0 saturated carbocycles. The Morgan fingerprint density at radius 3 is 1.70 bits per heavy atom. The van der Waals surface area contributed by atoms with Crippen molar-refractivity contribution in [3.8, 4) is 17.2 Å². The van der Waals surface area contributed by atoms with Crippen molar-refractivity contribution in [1.29, 1.82) is 5.26 Å². The van der Waals surface area contributed by atoms with Crippen LogP contribution in [0.15, 0.2) is 48.5 Å². The Balaban J connectivity index is 2.29. The highest BCUT2D eigenvalue weighted by molar-refractivity contribution is 5.64. The highest BCUT2D eigenvalue weighted by Gasteiger charge is 2.19. The minimum atomic E-state index is -0.431. The van der Waals surface area contributed by atoms with E-state index in [1.165, 1.54) is 16.7 Å². The van der Waals surface area contributed by atoms with E-state index in [1.54, 1.807) is 0 Å². The first kappa shape index (κ1) is 14.3. The number of benzene rings is 2. The summed E-state index contributed by atoms with van der Waals surface area (Å²) in [7, 11) is 0. The molecule has 102 valence electrons. The normalized spacial score (nSPS) is 11.4. The molecule has 0 saturated heterocycles. The lowest BCUT2D eigenvalue weighted by Crippen LogP contribution is -2.13. The Kier molecular flexibility index (Phi) is 3.95. The zero-order valence-corrected chi connectivity index (χ0v) is 12.6. The second kappa shape index (κ2) is 5.51. The standard InChI is InChI=1S/C19H21N/c1-14(2)15-5-7-16(8-6-15)17-9-11-18(12-10-17)19(3,4)13-20/h5-12,14H,1-4H3. The Morgan fingerprint density at radius 2 is 1.30 bits per heavy atom. The van der Waals surface area contributed by atoms with Crippen molar-refractivity contribution in [2.75, 3.05) is 0 Å². The molecule has 2 aromatic rings. The quantitative estimate of drug-likeness (QED) is 0.739. The van der Waals surface area contributed by atoms with Crippen LogP contribution < -0.4 is 0 Å². The Labute approximate surface area is 121 Å². The Bertz CT molecular complexity index is 610. The summed E-state index contributed by atoms with van der Waals surface area (Å²) >= 11 is 0. The molecule has 0 aliphatic heterocycles. The number of nitriles is 1. The molecule has 0 heterocycles. The summed E-state index contributed by atoms with van der Waals surface area (Å²) in [5, 5.41) is 9.17. The van der Waals surface area contributed by atoms with Crippen LogP contribution in [0.4, 0.5) is 0 Å². The van der Waals surface area contributed by atoms with E-state index >= 15 is 0 Å².